The molecule has 1 aliphatic heterocycles. The molecule has 7 nitrogen and oxygen atoms in total. The number of fused-ring (bicyclic) bond motifs is 1. The summed E-state index contributed by atoms with van der Waals surface area (Å²) in [5.74, 6) is -0.952. The molecule has 2 rings (SSSR count). The molecule has 0 spiro atoms. The van der Waals surface area contributed by atoms with E-state index in [2.05, 4.69) is 4.72 Å². The normalized spacial score (nSPS) is 34.4. The summed E-state index contributed by atoms with van der Waals surface area (Å²) < 4.78 is 31.7. The molecule has 1 heterocycles. The smallest absolute Gasteiger partial charge is 0.303 e. The second-order valence-electron chi connectivity index (χ2n) is 5.18. The first kappa shape index (κ1) is 14.7. The van der Waals surface area contributed by atoms with Gasteiger partial charge in [-0.25, -0.2) is 13.1 Å². The number of rotatable bonds is 6. The van der Waals surface area contributed by atoms with Crippen LogP contribution in [0.15, 0.2) is 0 Å². The average Bonchev–Trinajstić information content (AvgIpc) is 2.35. The molecular formula is C11H20N2O5S. The van der Waals surface area contributed by atoms with Gasteiger partial charge in [0.25, 0.3) is 0 Å². The number of ether oxygens (including phenoxy) is 1. The molecule has 1 saturated carbocycles. The predicted octanol–water partition coefficient (Wildman–Crippen LogP) is -0.725. The topological polar surface area (TPSA) is 119 Å². The Kier molecular flexibility index (Phi) is 4.44. The molecule has 110 valence electrons. The fourth-order valence-corrected chi connectivity index (χ4v) is 4.12. The van der Waals surface area contributed by atoms with Gasteiger partial charge >= 0.3 is 5.97 Å². The minimum Gasteiger partial charge on any atom is -0.481 e. The number of carbonyl (C=O) groups is 1. The lowest BCUT2D eigenvalue weighted by Crippen LogP contribution is -2.72. The lowest BCUT2D eigenvalue weighted by molar-refractivity contribution is -0.137. The summed E-state index contributed by atoms with van der Waals surface area (Å²) in [7, 11) is -3.49. The molecule has 4 unspecified atom stereocenters. The Morgan fingerprint density at radius 2 is 2.21 bits per heavy atom. The molecule has 2 fully saturated rings. The highest BCUT2D eigenvalue weighted by Crippen LogP contribution is 2.37. The molecule has 19 heavy (non-hydrogen) atoms. The first-order valence-electron chi connectivity index (χ1n) is 6.50. The maximum absolute atomic E-state index is 11.8. The molecular weight excluding hydrogens is 272 g/mol. The van der Waals surface area contributed by atoms with Crippen LogP contribution in [0, 0.1) is 5.92 Å². The van der Waals surface area contributed by atoms with Crippen LogP contribution in [0.3, 0.4) is 0 Å². The quantitative estimate of drug-likeness (QED) is 0.594. The van der Waals surface area contributed by atoms with Gasteiger partial charge in [0.1, 0.15) is 0 Å². The van der Waals surface area contributed by atoms with Crippen molar-refractivity contribution in [2.45, 2.75) is 43.9 Å². The second-order valence-corrected chi connectivity index (χ2v) is 7.05. The van der Waals surface area contributed by atoms with Crippen molar-refractivity contribution in [1.82, 2.24) is 4.72 Å². The third-order valence-electron chi connectivity index (χ3n) is 3.80. The number of aliphatic carboxylic acids is 1. The number of nitrogens with two attached hydrogens (primary N) is 1. The van der Waals surface area contributed by atoms with Crippen molar-refractivity contribution in [2.24, 2.45) is 11.7 Å². The van der Waals surface area contributed by atoms with E-state index in [1.54, 1.807) is 0 Å². The molecule has 1 aliphatic carbocycles. The van der Waals surface area contributed by atoms with Crippen molar-refractivity contribution < 1.29 is 23.1 Å². The Balaban J connectivity index is 1.84. The lowest BCUT2D eigenvalue weighted by Gasteiger charge is -2.52. The molecule has 4 N–H and O–H groups in total. The van der Waals surface area contributed by atoms with Gasteiger partial charge in [-0.3, -0.25) is 4.79 Å². The zero-order chi connectivity index (χ0) is 14.0. The van der Waals surface area contributed by atoms with Gasteiger partial charge in [-0.1, -0.05) is 0 Å². The van der Waals surface area contributed by atoms with Crippen molar-refractivity contribution in [3.05, 3.63) is 0 Å². The van der Waals surface area contributed by atoms with Gasteiger partial charge in [0.05, 0.1) is 17.9 Å². The van der Waals surface area contributed by atoms with E-state index < -0.39 is 16.0 Å². The molecule has 1 saturated heterocycles. The van der Waals surface area contributed by atoms with Crippen molar-refractivity contribution in [3.63, 3.8) is 0 Å². The summed E-state index contributed by atoms with van der Waals surface area (Å²) in [6.07, 6.45) is 1.76. The molecule has 0 aromatic carbocycles. The Morgan fingerprint density at radius 1 is 1.47 bits per heavy atom. The summed E-state index contributed by atoms with van der Waals surface area (Å²) in [6, 6.07) is -0.584. The van der Waals surface area contributed by atoms with Gasteiger partial charge in [0, 0.05) is 25.0 Å². The molecule has 0 aromatic heterocycles. The van der Waals surface area contributed by atoms with Crippen molar-refractivity contribution >= 4 is 16.0 Å². The second kappa shape index (κ2) is 5.74. The summed E-state index contributed by atoms with van der Waals surface area (Å²) in [5.41, 5.74) is 5.96. The van der Waals surface area contributed by atoms with E-state index in [0.717, 1.165) is 12.8 Å². The van der Waals surface area contributed by atoms with Crippen LogP contribution in [0.1, 0.15) is 25.7 Å². The highest BCUT2D eigenvalue weighted by atomic mass is 32.2. The Labute approximate surface area is 112 Å². The summed E-state index contributed by atoms with van der Waals surface area (Å²) in [6.45, 7) is 0.644. The molecule has 0 radical (unpaired) electrons. The molecule has 0 amide bonds. The van der Waals surface area contributed by atoms with Crippen LogP contribution >= 0.6 is 0 Å². The Bertz CT molecular complexity index is 438. The highest BCUT2D eigenvalue weighted by molar-refractivity contribution is 7.89. The number of nitrogens with one attached hydrogen (secondary N) is 1. The molecule has 4 atom stereocenters. The van der Waals surface area contributed by atoms with Crippen molar-refractivity contribution in [1.29, 1.82) is 0 Å². The maximum Gasteiger partial charge on any atom is 0.303 e. The molecule has 8 heteroatoms. The average molecular weight is 292 g/mol. The third-order valence-corrected chi connectivity index (χ3v) is 5.25. The summed E-state index contributed by atoms with van der Waals surface area (Å²) >= 11 is 0. The van der Waals surface area contributed by atoms with E-state index in [4.69, 9.17) is 15.6 Å². The zero-order valence-electron chi connectivity index (χ0n) is 10.6. The first-order chi connectivity index (χ1) is 8.91. The third kappa shape index (κ3) is 3.44. The highest BCUT2D eigenvalue weighted by Gasteiger charge is 2.51. The Hall–Kier alpha value is -0.700. The fourth-order valence-electron chi connectivity index (χ4n) is 2.77. The summed E-state index contributed by atoms with van der Waals surface area (Å²) in [4.78, 5) is 10.4. The standard InChI is InChI=1S/C11H20N2O5S/c12-9-7-3-1-5-18-11(7)10(9)13-19(16,17)6-2-4-8(14)15/h7,9-11,13H,1-6,12H2,(H,14,15). The van der Waals surface area contributed by atoms with Crippen LogP contribution in [-0.2, 0) is 19.6 Å². The van der Waals surface area contributed by atoms with E-state index >= 15 is 0 Å². The largest absolute Gasteiger partial charge is 0.481 e. The van der Waals surface area contributed by atoms with E-state index in [1.165, 1.54) is 0 Å². The SMILES string of the molecule is NC1C2CCCOC2C1NS(=O)(=O)CCCC(=O)O. The van der Waals surface area contributed by atoms with Crippen molar-refractivity contribution in [2.75, 3.05) is 12.4 Å². The van der Waals surface area contributed by atoms with Gasteiger partial charge in [0.15, 0.2) is 0 Å². The van der Waals surface area contributed by atoms with E-state index in [9.17, 15) is 13.2 Å². The number of sulfonamides is 1. The number of hydrogen-bond donors (Lipinski definition) is 3. The number of carboxylic acids is 1. The molecule has 0 bridgehead atoms. The van der Waals surface area contributed by atoms with Gasteiger partial charge < -0.3 is 15.6 Å². The van der Waals surface area contributed by atoms with Gasteiger partial charge in [-0.15, -0.1) is 0 Å². The van der Waals surface area contributed by atoms with Crippen LogP contribution in [0.2, 0.25) is 0 Å². The van der Waals surface area contributed by atoms with Crippen molar-refractivity contribution in [3.8, 4) is 0 Å². The first-order valence-corrected chi connectivity index (χ1v) is 8.15. The van der Waals surface area contributed by atoms with Gasteiger partial charge in [0.2, 0.25) is 10.0 Å². The van der Waals surface area contributed by atoms with Gasteiger partial charge in [-0.05, 0) is 19.3 Å². The van der Waals surface area contributed by atoms with E-state index in [0.29, 0.717) is 6.61 Å². The van der Waals surface area contributed by atoms with E-state index in [-0.39, 0.29) is 42.7 Å². The fraction of sp³-hybridized carbons (Fsp3) is 0.909. The van der Waals surface area contributed by atoms with Crippen LogP contribution in [0.4, 0.5) is 0 Å². The van der Waals surface area contributed by atoms with Crippen LogP contribution < -0.4 is 10.5 Å². The monoisotopic (exact) mass is 292 g/mol. The number of carboxylic acid groups (broad SMARTS) is 1. The minimum atomic E-state index is -3.49. The minimum absolute atomic E-state index is 0.0988. The number of hydrogen-bond acceptors (Lipinski definition) is 5. The molecule has 2 aliphatic rings. The molecule has 0 aromatic rings. The van der Waals surface area contributed by atoms with Gasteiger partial charge in [-0.2, -0.15) is 0 Å². The summed E-state index contributed by atoms with van der Waals surface area (Å²) in [5, 5.41) is 8.49. The predicted molar refractivity (Wildman–Crippen MR) is 68.0 cm³/mol. The van der Waals surface area contributed by atoms with Crippen LogP contribution in [-0.4, -0.2) is 50.0 Å². The Morgan fingerprint density at radius 3 is 2.89 bits per heavy atom. The van der Waals surface area contributed by atoms with Crippen LogP contribution in [0.25, 0.3) is 0 Å². The van der Waals surface area contributed by atoms with Crippen LogP contribution in [0.5, 0.6) is 0 Å². The van der Waals surface area contributed by atoms with E-state index in [1.807, 2.05) is 0 Å². The maximum atomic E-state index is 11.8. The zero-order valence-corrected chi connectivity index (χ0v) is 11.4. The lowest BCUT2D eigenvalue weighted by atomic mass is 9.69.